The van der Waals surface area contributed by atoms with Gasteiger partial charge in [-0.3, -0.25) is 4.79 Å². The molecule has 29 heavy (non-hydrogen) atoms. The van der Waals surface area contributed by atoms with Crippen LogP contribution in [-0.2, 0) is 4.79 Å². The molecule has 6 heteroatoms. The molecule has 1 N–H and O–H groups in total. The van der Waals surface area contributed by atoms with Crippen LogP contribution in [0.1, 0.15) is 12.7 Å². The zero-order valence-electron chi connectivity index (χ0n) is 16.1. The monoisotopic (exact) mass is 388 g/mol. The number of nitriles is 1. The smallest absolute Gasteiger partial charge is 0.266 e. The van der Waals surface area contributed by atoms with Crippen molar-refractivity contribution in [1.82, 2.24) is 0 Å². The largest absolute Gasteiger partial charge is 0.497 e. The van der Waals surface area contributed by atoms with E-state index in [1.807, 2.05) is 37.3 Å². The maximum atomic E-state index is 12.5. The van der Waals surface area contributed by atoms with Gasteiger partial charge in [0, 0.05) is 23.4 Å². The molecule has 6 nitrogen and oxygen atoms in total. The SMILES string of the molecule is CCOc1cccc(NC(=O)C(C#N)=Cc2ccc(-c3ccc(OC)cc3)o2)c1. The first-order chi connectivity index (χ1) is 14.1. The first-order valence-corrected chi connectivity index (χ1v) is 9.03. The lowest BCUT2D eigenvalue weighted by molar-refractivity contribution is -0.112. The summed E-state index contributed by atoms with van der Waals surface area (Å²) in [5.74, 6) is 1.90. The van der Waals surface area contributed by atoms with Crippen molar-refractivity contribution in [3.8, 4) is 28.9 Å². The first-order valence-electron chi connectivity index (χ1n) is 9.03. The quantitative estimate of drug-likeness (QED) is 0.460. The Kier molecular flexibility index (Phi) is 6.33. The number of carbonyl (C=O) groups excluding carboxylic acids is 1. The van der Waals surface area contributed by atoms with E-state index in [-0.39, 0.29) is 5.57 Å². The highest BCUT2D eigenvalue weighted by Crippen LogP contribution is 2.25. The summed E-state index contributed by atoms with van der Waals surface area (Å²) < 4.78 is 16.3. The van der Waals surface area contributed by atoms with Gasteiger partial charge in [-0.25, -0.2) is 0 Å². The van der Waals surface area contributed by atoms with Crippen molar-refractivity contribution >= 4 is 17.7 Å². The van der Waals surface area contributed by atoms with Crippen molar-refractivity contribution < 1.29 is 18.7 Å². The summed E-state index contributed by atoms with van der Waals surface area (Å²) in [6.07, 6.45) is 1.41. The van der Waals surface area contributed by atoms with E-state index in [1.54, 1.807) is 43.5 Å². The Morgan fingerprint density at radius 2 is 1.93 bits per heavy atom. The van der Waals surface area contributed by atoms with Gasteiger partial charge in [-0.15, -0.1) is 0 Å². The van der Waals surface area contributed by atoms with Gasteiger partial charge in [0.2, 0.25) is 0 Å². The second-order valence-electron chi connectivity index (χ2n) is 6.02. The Morgan fingerprint density at radius 3 is 2.62 bits per heavy atom. The zero-order valence-corrected chi connectivity index (χ0v) is 16.1. The van der Waals surface area contributed by atoms with Crippen LogP contribution in [0.3, 0.4) is 0 Å². The van der Waals surface area contributed by atoms with Crippen LogP contribution in [-0.4, -0.2) is 19.6 Å². The lowest BCUT2D eigenvalue weighted by atomic mass is 10.2. The summed E-state index contributed by atoms with van der Waals surface area (Å²) in [5.41, 5.74) is 1.34. The molecular weight excluding hydrogens is 368 g/mol. The highest BCUT2D eigenvalue weighted by atomic mass is 16.5. The minimum Gasteiger partial charge on any atom is -0.497 e. The molecule has 0 fully saturated rings. The van der Waals surface area contributed by atoms with Gasteiger partial charge in [-0.2, -0.15) is 5.26 Å². The second kappa shape index (κ2) is 9.29. The van der Waals surface area contributed by atoms with Crippen LogP contribution in [0.25, 0.3) is 17.4 Å². The van der Waals surface area contributed by atoms with Gasteiger partial charge >= 0.3 is 0 Å². The third kappa shape index (κ3) is 5.05. The number of methoxy groups -OCH3 is 1. The molecule has 0 atom stereocenters. The number of anilines is 1. The Bertz CT molecular complexity index is 1060. The fourth-order valence-electron chi connectivity index (χ4n) is 2.66. The molecule has 2 aromatic carbocycles. The van der Waals surface area contributed by atoms with Gasteiger partial charge < -0.3 is 19.2 Å². The minimum atomic E-state index is -0.524. The van der Waals surface area contributed by atoms with Crippen LogP contribution in [0.15, 0.2) is 70.7 Å². The van der Waals surface area contributed by atoms with Crippen LogP contribution in [0.4, 0.5) is 5.69 Å². The fraction of sp³-hybridized carbons (Fsp3) is 0.130. The van der Waals surface area contributed by atoms with Gasteiger partial charge in [-0.05, 0) is 55.5 Å². The third-order valence-electron chi connectivity index (χ3n) is 4.06. The standard InChI is InChI=1S/C23H20N2O4/c1-3-28-20-6-4-5-18(14-20)25-23(26)17(15-24)13-21-11-12-22(29-21)16-7-9-19(27-2)10-8-16/h4-14H,3H2,1-2H3,(H,25,26). The number of nitrogens with one attached hydrogen (secondary N) is 1. The molecule has 1 heterocycles. The predicted molar refractivity (Wildman–Crippen MR) is 111 cm³/mol. The summed E-state index contributed by atoms with van der Waals surface area (Å²) >= 11 is 0. The molecule has 0 radical (unpaired) electrons. The summed E-state index contributed by atoms with van der Waals surface area (Å²) in [6, 6.07) is 19.8. The summed E-state index contributed by atoms with van der Waals surface area (Å²) in [5, 5.41) is 12.1. The van der Waals surface area contributed by atoms with E-state index in [0.717, 1.165) is 11.3 Å². The van der Waals surface area contributed by atoms with Crippen LogP contribution in [0.2, 0.25) is 0 Å². The number of ether oxygens (including phenoxy) is 2. The Morgan fingerprint density at radius 1 is 1.14 bits per heavy atom. The Labute approximate surface area is 169 Å². The summed E-state index contributed by atoms with van der Waals surface area (Å²) in [7, 11) is 1.60. The molecule has 1 amide bonds. The van der Waals surface area contributed by atoms with Crippen molar-refractivity contribution in [1.29, 1.82) is 5.26 Å². The first kappa shape index (κ1) is 19.8. The van der Waals surface area contributed by atoms with E-state index in [1.165, 1.54) is 6.08 Å². The Balaban J connectivity index is 1.75. The zero-order chi connectivity index (χ0) is 20.6. The average molecular weight is 388 g/mol. The van der Waals surface area contributed by atoms with Gasteiger partial charge in [0.1, 0.15) is 34.7 Å². The van der Waals surface area contributed by atoms with Gasteiger partial charge in [-0.1, -0.05) is 6.07 Å². The van der Waals surface area contributed by atoms with Crippen LogP contribution < -0.4 is 14.8 Å². The van der Waals surface area contributed by atoms with Crippen LogP contribution >= 0.6 is 0 Å². The highest BCUT2D eigenvalue weighted by Gasteiger charge is 2.12. The summed E-state index contributed by atoms with van der Waals surface area (Å²) in [6.45, 7) is 2.40. The predicted octanol–water partition coefficient (Wildman–Crippen LogP) is 4.90. The molecule has 146 valence electrons. The molecular formula is C23H20N2O4. The number of rotatable bonds is 7. The maximum Gasteiger partial charge on any atom is 0.266 e. The lowest BCUT2D eigenvalue weighted by Crippen LogP contribution is -2.13. The maximum absolute atomic E-state index is 12.5. The summed E-state index contributed by atoms with van der Waals surface area (Å²) in [4.78, 5) is 12.5. The normalized spacial score (nSPS) is 10.9. The number of nitrogens with zero attached hydrogens (tertiary/aromatic N) is 1. The van der Waals surface area contributed by atoms with Gasteiger partial charge in [0.05, 0.1) is 13.7 Å². The average Bonchev–Trinajstić information content (AvgIpc) is 3.21. The molecule has 1 aromatic heterocycles. The van der Waals surface area contributed by atoms with E-state index >= 15 is 0 Å². The van der Waals surface area contributed by atoms with Crippen molar-refractivity contribution in [3.05, 3.63) is 72.0 Å². The van der Waals surface area contributed by atoms with Crippen molar-refractivity contribution in [2.45, 2.75) is 6.92 Å². The van der Waals surface area contributed by atoms with E-state index < -0.39 is 5.91 Å². The molecule has 0 aliphatic heterocycles. The topological polar surface area (TPSA) is 84.5 Å². The molecule has 0 aliphatic carbocycles. The number of amides is 1. The molecule has 3 rings (SSSR count). The Hall–Kier alpha value is -3.98. The van der Waals surface area contributed by atoms with Gasteiger partial charge in [0.25, 0.3) is 5.91 Å². The van der Waals surface area contributed by atoms with Crippen molar-refractivity contribution in [2.24, 2.45) is 0 Å². The molecule has 3 aromatic rings. The minimum absolute atomic E-state index is 0.0672. The van der Waals surface area contributed by atoms with Crippen molar-refractivity contribution in [2.75, 3.05) is 19.0 Å². The number of benzene rings is 2. The fourth-order valence-corrected chi connectivity index (χ4v) is 2.66. The third-order valence-corrected chi connectivity index (χ3v) is 4.06. The van der Waals surface area contributed by atoms with Crippen molar-refractivity contribution in [3.63, 3.8) is 0 Å². The lowest BCUT2D eigenvalue weighted by Gasteiger charge is -2.07. The van der Waals surface area contributed by atoms with E-state index in [2.05, 4.69) is 5.32 Å². The molecule has 0 bridgehead atoms. The van der Waals surface area contributed by atoms with Gasteiger partial charge in [0.15, 0.2) is 0 Å². The molecule has 0 unspecified atom stereocenters. The van der Waals surface area contributed by atoms with Crippen LogP contribution in [0.5, 0.6) is 11.5 Å². The second-order valence-corrected chi connectivity index (χ2v) is 6.02. The van der Waals surface area contributed by atoms with E-state index in [0.29, 0.717) is 29.6 Å². The number of furan rings is 1. The highest BCUT2D eigenvalue weighted by molar-refractivity contribution is 6.09. The number of carbonyl (C=O) groups is 1. The molecule has 0 aliphatic rings. The molecule has 0 saturated heterocycles. The van der Waals surface area contributed by atoms with E-state index in [9.17, 15) is 10.1 Å². The van der Waals surface area contributed by atoms with E-state index in [4.69, 9.17) is 13.9 Å². The van der Waals surface area contributed by atoms with Crippen LogP contribution in [0, 0.1) is 11.3 Å². The molecule has 0 spiro atoms. The number of hydrogen-bond donors (Lipinski definition) is 1. The molecule has 0 saturated carbocycles. The number of hydrogen-bond acceptors (Lipinski definition) is 5.